The largest absolute Gasteiger partial charge is 0.354 e. The van der Waals surface area contributed by atoms with Gasteiger partial charge in [-0.15, -0.1) is 0 Å². The fourth-order valence-electron chi connectivity index (χ4n) is 2.72. The summed E-state index contributed by atoms with van der Waals surface area (Å²) in [6.45, 7) is 1.11. The molecule has 0 saturated heterocycles. The molecule has 0 aromatic heterocycles. The third-order valence-electron chi connectivity index (χ3n) is 3.93. The molecule has 1 aromatic carbocycles. The number of hydrogen-bond donors (Lipinski definition) is 3. The summed E-state index contributed by atoms with van der Waals surface area (Å²) in [7, 11) is 0. The molecule has 6 heteroatoms. The van der Waals surface area contributed by atoms with Gasteiger partial charge in [-0.1, -0.05) is 43.2 Å². The zero-order valence-electron chi connectivity index (χ0n) is 13.3. The first-order valence-corrected chi connectivity index (χ1v) is 8.20. The molecule has 0 radical (unpaired) electrons. The molecule has 1 saturated carbocycles. The first kappa shape index (κ1) is 17.3. The number of amides is 3. The third-order valence-corrected chi connectivity index (χ3v) is 3.93. The van der Waals surface area contributed by atoms with Gasteiger partial charge in [-0.05, 0) is 24.3 Å². The van der Waals surface area contributed by atoms with E-state index < -0.39 is 6.03 Å². The van der Waals surface area contributed by atoms with Gasteiger partial charge in [0.15, 0.2) is 0 Å². The molecule has 1 aliphatic rings. The number of carbonyl (C=O) groups is 2. The van der Waals surface area contributed by atoms with E-state index in [4.69, 9.17) is 4.84 Å². The van der Waals surface area contributed by atoms with E-state index in [0.29, 0.717) is 32.0 Å². The molecule has 0 spiro atoms. The normalized spacial score (nSPS) is 14.4. The fourth-order valence-corrected chi connectivity index (χ4v) is 2.72. The summed E-state index contributed by atoms with van der Waals surface area (Å²) in [5.41, 5.74) is 3.29. The molecule has 126 valence electrons. The summed E-state index contributed by atoms with van der Waals surface area (Å²) in [4.78, 5) is 28.3. The smallest absolute Gasteiger partial charge is 0.338 e. The summed E-state index contributed by atoms with van der Waals surface area (Å²) >= 11 is 0. The Morgan fingerprint density at radius 3 is 2.48 bits per heavy atom. The van der Waals surface area contributed by atoms with Crippen LogP contribution in [0.15, 0.2) is 30.3 Å². The van der Waals surface area contributed by atoms with Crippen LogP contribution < -0.4 is 16.1 Å². The molecule has 3 N–H and O–H groups in total. The molecule has 1 aromatic rings. The third kappa shape index (κ3) is 7.15. The molecule has 23 heavy (non-hydrogen) atoms. The number of carbonyl (C=O) groups excluding carboxylic acids is 2. The Kier molecular flexibility index (Phi) is 7.39. The Balaban J connectivity index is 1.47. The van der Waals surface area contributed by atoms with E-state index in [1.54, 1.807) is 0 Å². The second-order valence-corrected chi connectivity index (χ2v) is 5.84. The first-order chi connectivity index (χ1) is 11.2. The summed E-state index contributed by atoms with van der Waals surface area (Å²) in [6.07, 6.45) is 5.40. The van der Waals surface area contributed by atoms with Crippen LogP contribution in [-0.4, -0.2) is 25.0 Å². The van der Waals surface area contributed by atoms with Gasteiger partial charge in [0.25, 0.3) is 0 Å². The van der Waals surface area contributed by atoms with E-state index in [2.05, 4.69) is 16.1 Å². The van der Waals surface area contributed by atoms with Crippen molar-refractivity contribution in [3.8, 4) is 0 Å². The number of hydrogen-bond acceptors (Lipinski definition) is 3. The lowest BCUT2D eigenvalue weighted by molar-refractivity contribution is -0.121. The lowest BCUT2D eigenvalue weighted by atomic mass is 10.0. The number of urea groups is 1. The van der Waals surface area contributed by atoms with Gasteiger partial charge < -0.3 is 10.6 Å². The van der Waals surface area contributed by atoms with Gasteiger partial charge in [0.1, 0.15) is 0 Å². The van der Waals surface area contributed by atoms with Crippen LogP contribution in [0, 0.1) is 5.92 Å². The monoisotopic (exact) mass is 319 g/mol. The molecule has 0 bridgehead atoms. The predicted octanol–water partition coefficient (Wildman–Crippen LogP) is 2.11. The van der Waals surface area contributed by atoms with Crippen LogP contribution in [0.4, 0.5) is 4.79 Å². The number of benzene rings is 1. The number of hydroxylamine groups is 1. The van der Waals surface area contributed by atoms with Gasteiger partial charge in [0, 0.05) is 19.5 Å². The zero-order valence-corrected chi connectivity index (χ0v) is 13.3. The molecule has 1 aliphatic carbocycles. The molecular formula is C17H25N3O3. The van der Waals surface area contributed by atoms with Gasteiger partial charge in [0.2, 0.25) is 5.91 Å². The standard InChI is InChI=1S/C17H25N3O3/c21-16(12-14-6-4-5-7-14)18-10-11-19-17(22)20-23-13-15-8-2-1-3-9-15/h1-3,8-9,14H,4-7,10-13H2,(H,18,21)(H2,19,20,22). The highest BCUT2D eigenvalue weighted by Gasteiger charge is 2.17. The Labute approximate surface area is 136 Å². The average Bonchev–Trinajstić information content (AvgIpc) is 3.05. The topological polar surface area (TPSA) is 79.5 Å². The molecular weight excluding hydrogens is 294 g/mol. The van der Waals surface area contributed by atoms with Crippen LogP contribution in [0.1, 0.15) is 37.7 Å². The van der Waals surface area contributed by atoms with Gasteiger partial charge in [-0.25, -0.2) is 10.3 Å². The van der Waals surface area contributed by atoms with Crippen molar-refractivity contribution in [3.63, 3.8) is 0 Å². The van der Waals surface area contributed by atoms with Crippen molar-refractivity contribution < 1.29 is 14.4 Å². The van der Waals surface area contributed by atoms with Gasteiger partial charge in [0.05, 0.1) is 6.61 Å². The second kappa shape index (κ2) is 9.84. The maximum absolute atomic E-state index is 11.7. The minimum absolute atomic E-state index is 0.0689. The molecule has 3 amide bonds. The van der Waals surface area contributed by atoms with Crippen LogP contribution in [0.5, 0.6) is 0 Å². The van der Waals surface area contributed by atoms with Crippen molar-refractivity contribution in [1.82, 2.24) is 16.1 Å². The highest BCUT2D eigenvalue weighted by Crippen LogP contribution is 2.27. The fraction of sp³-hybridized carbons (Fsp3) is 0.529. The lowest BCUT2D eigenvalue weighted by Gasteiger charge is -2.10. The molecule has 0 unspecified atom stereocenters. The zero-order chi connectivity index (χ0) is 16.3. The van der Waals surface area contributed by atoms with E-state index in [1.807, 2.05) is 30.3 Å². The van der Waals surface area contributed by atoms with E-state index in [9.17, 15) is 9.59 Å². The van der Waals surface area contributed by atoms with Crippen LogP contribution in [0.2, 0.25) is 0 Å². The van der Waals surface area contributed by atoms with E-state index >= 15 is 0 Å². The number of nitrogens with one attached hydrogen (secondary N) is 3. The lowest BCUT2D eigenvalue weighted by Crippen LogP contribution is -2.40. The Hall–Kier alpha value is -2.08. The van der Waals surface area contributed by atoms with Crippen molar-refractivity contribution in [2.24, 2.45) is 5.92 Å². The average molecular weight is 319 g/mol. The van der Waals surface area contributed by atoms with Crippen molar-refractivity contribution in [2.45, 2.75) is 38.7 Å². The molecule has 2 rings (SSSR count). The molecule has 6 nitrogen and oxygen atoms in total. The van der Waals surface area contributed by atoms with Crippen molar-refractivity contribution in [2.75, 3.05) is 13.1 Å². The van der Waals surface area contributed by atoms with Gasteiger partial charge in [-0.3, -0.25) is 9.63 Å². The van der Waals surface area contributed by atoms with Crippen LogP contribution >= 0.6 is 0 Å². The minimum Gasteiger partial charge on any atom is -0.354 e. The summed E-state index contributed by atoms with van der Waals surface area (Å²) < 4.78 is 0. The molecule has 0 aliphatic heterocycles. The first-order valence-electron chi connectivity index (χ1n) is 8.20. The van der Waals surface area contributed by atoms with Gasteiger partial charge >= 0.3 is 6.03 Å². The number of rotatable bonds is 8. The summed E-state index contributed by atoms with van der Waals surface area (Å²) in [5.74, 6) is 0.608. The highest BCUT2D eigenvalue weighted by atomic mass is 16.7. The van der Waals surface area contributed by atoms with Crippen molar-refractivity contribution >= 4 is 11.9 Å². The SMILES string of the molecule is O=C(CC1CCCC1)NCCNC(=O)NOCc1ccccc1. The van der Waals surface area contributed by atoms with E-state index in [0.717, 1.165) is 18.4 Å². The molecule has 0 atom stereocenters. The second-order valence-electron chi connectivity index (χ2n) is 5.84. The van der Waals surface area contributed by atoms with E-state index in [1.165, 1.54) is 12.8 Å². The quantitative estimate of drug-likeness (QED) is 0.507. The Bertz CT molecular complexity index is 487. The molecule has 1 fully saturated rings. The minimum atomic E-state index is -0.411. The Morgan fingerprint density at radius 2 is 1.74 bits per heavy atom. The van der Waals surface area contributed by atoms with Crippen molar-refractivity contribution in [3.05, 3.63) is 35.9 Å². The maximum Gasteiger partial charge on any atom is 0.338 e. The van der Waals surface area contributed by atoms with Crippen LogP contribution in [0.3, 0.4) is 0 Å². The predicted molar refractivity (Wildman–Crippen MR) is 87.4 cm³/mol. The van der Waals surface area contributed by atoms with Crippen LogP contribution in [0.25, 0.3) is 0 Å². The van der Waals surface area contributed by atoms with Gasteiger partial charge in [-0.2, -0.15) is 0 Å². The summed E-state index contributed by atoms with van der Waals surface area (Å²) in [6, 6.07) is 9.16. The van der Waals surface area contributed by atoms with Crippen LogP contribution in [-0.2, 0) is 16.2 Å². The highest BCUT2D eigenvalue weighted by molar-refractivity contribution is 5.76. The Morgan fingerprint density at radius 1 is 1.04 bits per heavy atom. The summed E-state index contributed by atoms with van der Waals surface area (Å²) in [5, 5.41) is 5.45. The maximum atomic E-state index is 11.7. The van der Waals surface area contributed by atoms with E-state index in [-0.39, 0.29) is 5.91 Å². The molecule has 0 heterocycles. The van der Waals surface area contributed by atoms with Crippen molar-refractivity contribution in [1.29, 1.82) is 0 Å².